The summed E-state index contributed by atoms with van der Waals surface area (Å²) in [6, 6.07) is 0. The van der Waals surface area contributed by atoms with Crippen LogP contribution in [0, 0.1) is 27.7 Å². The molecule has 0 aliphatic rings. The Labute approximate surface area is 123 Å². The molecule has 0 saturated carbocycles. The monoisotopic (exact) mass is 322 g/mol. The Bertz CT molecular complexity index is 121. The van der Waals surface area contributed by atoms with Crippen LogP contribution in [0.25, 0.3) is 0 Å². The minimum absolute atomic E-state index is 0. The fraction of sp³-hybridized carbons (Fsp3) is 0.857. The molecular formula is C7H25N2O6Y-. The van der Waals surface area contributed by atoms with Gasteiger partial charge in [-0.3, -0.25) is 0 Å². The molecule has 8 nitrogen and oxygen atoms in total. The van der Waals surface area contributed by atoms with E-state index in [4.69, 9.17) is 15.3 Å². The van der Waals surface area contributed by atoms with Crippen molar-refractivity contribution in [1.82, 2.24) is 0 Å². The van der Waals surface area contributed by atoms with Crippen molar-refractivity contribution in [3.05, 3.63) is 27.7 Å². The van der Waals surface area contributed by atoms with E-state index in [1.54, 1.807) is 6.92 Å². The van der Waals surface area contributed by atoms with Gasteiger partial charge in [-0.15, -0.1) is 20.2 Å². The fourth-order valence-corrected chi connectivity index (χ4v) is 0.105. The van der Waals surface area contributed by atoms with Crippen LogP contribution < -0.4 is 0 Å². The van der Waals surface area contributed by atoms with Crippen LogP contribution in [-0.4, -0.2) is 22.0 Å². The molecule has 0 fully saturated rings. The Balaban J connectivity index is -0.00000001000. The first-order chi connectivity index (χ1) is 4.50. The number of nitrogens with zero attached hydrogens (tertiary/aromatic N) is 2. The third kappa shape index (κ3) is 337. The third-order valence-corrected chi connectivity index (χ3v) is 0.235. The van der Waals surface area contributed by atoms with Gasteiger partial charge in [0.05, 0.1) is 6.61 Å². The molecule has 103 valence electrons. The smallest absolute Gasteiger partial charge is 0.294 e. The Morgan fingerprint density at radius 1 is 1.12 bits per heavy atom. The topological polar surface area (TPSA) is 116 Å². The second kappa shape index (κ2) is 47.0. The minimum atomic E-state index is -1.50. The van der Waals surface area contributed by atoms with Gasteiger partial charge < -0.3 is 17.5 Å². The summed E-state index contributed by atoms with van der Waals surface area (Å²) in [7, 11) is 0. The molecule has 0 rings (SSSR count). The van der Waals surface area contributed by atoms with Crippen molar-refractivity contribution in [1.29, 1.82) is 0 Å². The summed E-state index contributed by atoms with van der Waals surface area (Å²) in [5.41, 5.74) is 0. The fourth-order valence-electron chi connectivity index (χ4n) is 0.105. The minimum Gasteiger partial charge on any atom is -0.358 e. The van der Waals surface area contributed by atoms with Crippen molar-refractivity contribution in [3.63, 3.8) is 0 Å². The van der Waals surface area contributed by atoms with Gasteiger partial charge >= 0.3 is 0 Å². The van der Waals surface area contributed by atoms with Crippen molar-refractivity contribution in [2.24, 2.45) is 0 Å². The predicted octanol–water partition coefficient (Wildman–Crippen LogP) is 2.86. The van der Waals surface area contributed by atoms with Crippen molar-refractivity contribution in [2.75, 3.05) is 6.61 Å². The van der Waals surface area contributed by atoms with E-state index in [1.165, 1.54) is 0 Å². The van der Waals surface area contributed by atoms with E-state index in [9.17, 15) is 10.1 Å². The predicted molar refractivity (Wildman–Crippen MR) is 60.7 cm³/mol. The third-order valence-electron chi connectivity index (χ3n) is 0.235. The Kier molecular flexibility index (Phi) is 170. The molecule has 9 heteroatoms. The average Bonchev–Trinajstić information content (AvgIpc) is 1.62. The molecule has 0 atom stereocenters. The molecule has 0 saturated heterocycles. The molecule has 1 radical (unpaired) electrons. The molecule has 0 amide bonds. The van der Waals surface area contributed by atoms with Crippen LogP contribution in [-0.2, 0) is 37.5 Å². The Morgan fingerprint density at radius 3 is 1.31 bits per heavy atom. The van der Waals surface area contributed by atoms with Gasteiger partial charge in [-0.1, -0.05) is 29.7 Å². The molecule has 0 unspecified atom stereocenters. The molecule has 0 aromatic heterocycles. The van der Waals surface area contributed by atoms with E-state index < -0.39 is 10.2 Å². The number of hydrogen-bond donors (Lipinski definition) is 1. The normalized spacial score (nSPS) is 4.31. The van der Waals surface area contributed by atoms with E-state index in [0.29, 0.717) is 0 Å². The first-order valence-electron chi connectivity index (χ1n) is 2.11. The maximum atomic E-state index is 9.18. The molecule has 0 aromatic carbocycles. The van der Waals surface area contributed by atoms with E-state index in [0.717, 1.165) is 0 Å². The van der Waals surface area contributed by atoms with Crippen molar-refractivity contribution in [2.45, 2.75) is 36.6 Å². The Hall–Kier alpha value is -0.496. The summed E-state index contributed by atoms with van der Waals surface area (Å²) >= 11 is 0. The van der Waals surface area contributed by atoms with Gasteiger partial charge in [0.1, 0.15) is 0 Å². The summed E-state index contributed by atoms with van der Waals surface area (Å²) in [6.45, 7) is 1.69. The van der Waals surface area contributed by atoms with Crippen LogP contribution in [0.3, 0.4) is 0 Å². The number of rotatable bonds is 2. The van der Waals surface area contributed by atoms with E-state index in [1.807, 2.05) is 0 Å². The van der Waals surface area contributed by atoms with Crippen LogP contribution in [0.15, 0.2) is 0 Å². The van der Waals surface area contributed by atoms with Crippen molar-refractivity contribution >= 4 is 0 Å². The largest absolute Gasteiger partial charge is 0.358 e. The summed E-state index contributed by atoms with van der Waals surface area (Å²) < 4.78 is 0. The van der Waals surface area contributed by atoms with Gasteiger partial charge in [-0.2, -0.15) is 0 Å². The number of hydrogen-bond acceptors (Lipinski definition) is 5. The molecule has 0 aromatic rings. The first-order valence-corrected chi connectivity index (χ1v) is 2.11. The second-order valence-corrected chi connectivity index (χ2v) is 0.879. The second-order valence-electron chi connectivity index (χ2n) is 0.879. The van der Waals surface area contributed by atoms with Gasteiger partial charge in [0.25, 0.3) is 10.2 Å². The zero-order valence-electron chi connectivity index (χ0n) is 6.67. The molecule has 0 spiro atoms. The molecule has 1 N–H and O–H groups in total. The van der Waals surface area contributed by atoms with Crippen LogP contribution in [0.4, 0.5) is 0 Å². The van der Waals surface area contributed by atoms with E-state index >= 15 is 0 Å². The maximum absolute atomic E-state index is 9.18. The molecule has 0 heterocycles. The summed E-state index contributed by atoms with van der Waals surface area (Å²) in [4.78, 5) is 21.3. The zero-order chi connectivity index (χ0) is 8.57. The van der Waals surface area contributed by atoms with Crippen molar-refractivity contribution < 1.29 is 52.9 Å². The van der Waals surface area contributed by atoms with Crippen LogP contribution in [0.5, 0.6) is 0 Å². The molecular weight excluding hydrogens is 297 g/mol. The Morgan fingerprint density at radius 2 is 1.31 bits per heavy atom. The summed E-state index contributed by atoms with van der Waals surface area (Å²) in [5.74, 6) is 0. The van der Waals surface area contributed by atoms with Crippen molar-refractivity contribution in [3.8, 4) is 0 Å². The van der Waals surface area contributed by atoms with Gasteiger partial charge in [0.15, 0.2) is 0 Å². The van der Waals surface area contributed by atoms with Crippen LogP contribution >= 0.6 is 0 Å². The van der Waals surface area contributed by atoms with Gasteiger partial charge in [-0.25, -0.2) is 0 Å². The van der Waals surface area contributed by atoms with Gasteiger partial charge in [0, 0.05) is 32.7 Å². The molecule has 16 heavy (non-hydrogen) atoms. The summed E-state index contributed by atoms with van der Waals surface area (Å²) in [5, 5.41) is 22.0. The first kappa shape index (κ1) is 57.9. The van der Waals surface area contributed by atoms with Gasteiger partial charge in [0.2, 0.25) is 0 Å². The molecule has 0 aliphatic heterocycles. The maximum Gasteiger partial charge on any atom is 0.294 e. The zero-order valence-corrected chi connectivity index (χ0v) is 9.51. The van der Waals surface area contributed by atoms with Crippen LogP contribution in [0.1, 0.15) is 36.6 Å². The standard InChI is InChI=1S/C2H5NO3.4CH4.CH3.HNO3.Y/c1-2-6-3(4)5;;;;;;2-1(3)4;/h2H2,1H3;4*1H4;1H3;(H,2,3,4);/q;;;;;-1;;. The van der Waals surface area contributed by atoms with E-state index in [-0.39, 0.29) is 76.4 Å². The quantitative estimate of drug-likeness (QED) is 0.475. The van der Waals surface area contributed by atoms with E-state index in [2.05, 4.69) is 4.84 Å². The molecule has 0 bridgehead atoms. The SMILES string of the molecule is C.C.C.C.CCO[N+](=O)[O-].O=[N+]([O-])O.[CH3-].[Y]. The van der Waals surface area contributed by atoms with Gasteiger partial charge in [-0.05, 0) is 6.92 Å². The molecule has 0 aliphatic carbocycles. The average molecular weight is 322 g/mol. The summed E-state index contributed by atoms with van der Waals surface area (Å²) in [6.07, 6.45) is 0. The van der Waals surface area contributed by atoms with Crippen LogP contribution in [0.2, 0.25) is 0 Å².